The molecule has 2 aromatic rings. The van der Waals surface area contributed by atoms with Gasteiger partial charge in [0.2, 0.25) is 0 Å². The Bertz CT molecular complexity index is 630. The van der Waals surface area contributed by atoms with Gasteiger partial charge in [-0.15, -0.1) is 0 Å². The van der Waals surface area contributed by atoms with Gasteiger partial charge in [-0.05, 0) is 54.5 Å². The molecule has 0 atom stereocenters. The lowest BCUT2D eigenvalue weighted by Gasteiger charge is -1.99. The van der Waals surface area contributed by atoms with Crippen molar-refractivity contribution in [1.29, 1.82) is 0 Å². The highest BCUT2D eigenvalue weighted by molar-refractivity contribution is 6.30. The lowest BCUT2D eigenvalue weighted by atomic mass is 10.1. The number of allylic oxidation sites excluding steroid dienone is 1. The zero-order valence-electron chi connectivity index (χ0n) is 10.4. The highest BCUT2D eigenvalue weighted by Gasteiger charge is 2.04. The predicted octanol–water partition coefficient (Wildman–Crippen LogP) is 4.68. The fourth-order valence-electron chi connectivity index (χ4n) is 1.64. The zero-order chi connectivity index (χ0) is 13.8. The molecule has 0 amide bonds. The van der Waals surface area contributed by atoms with Gasteiger partial charge in [0.1, 0.15) is 5.82 Å². The molecular formula is C16H12ClFO. The van der Waals surface area contributed by atoms with Crippen molar-refractivity contribution < 1.29 is 9.18 Å². The minimum absolute atomic E-state index is 0.155. The van der Waals surface area contributed by atoms with E-state index in [-0.39, 0.29) is 11.6 Å². The number of aryl methyl sites for hydroxylation is 1. The quantitative estimate of drug-likeness (QED) is 0.586. The monoisotopic (exact) mass is 274 g/mol. The summed E-state index contributed by atoms with van der Waals surface area (Å²) in [6.45, 7) is 1.63. The molecule has 2 aromatic carbocycles. The Morgan fingerprint density at radius 3 is 2.47 bits per heavy atom. The van der Waals surface area contributed by atoms with Crippen LogP contribution in [0.3, 0.4) is 0 Å². The molecular weight excluding hydrogens is 263 g/mol. The second-order valence-corrected chi connectivity index (χ2v) is 4.65. The van der Waals surface area contributed by atoms with E-state index in [0.29, 0.717) is 16.1 Å². The molecule has 0 radical (unpaired) electrons. The third-order valence-corrected chi connectivity index (χ3v) is 2.99. The molecule has 0 saturated carbocycles. The van der Waals surface area contributed by atoms with Gasteiger partial charge in [-0.25, -0.2) is 4.39 Å². The van der Waals surface area contributed by atoms with Crippen molar-refractivity contribution >= 4 is 23.5 Å². The molecule has 0 bridgehead atoms. The molecule has 0 aliphatic carbocycles. The first kappa shape index (κ1) is 13.5. The van der Waals surface area contributed by atoms with Gasteiger partial charge >= 0.3 is 0 Å². The van der Waals surface area contributed by atoms with Crippen molar-refractivity contribution in [2.45, 2.75) is 6.92 Å². The number of ketones is 1. The van der Waals surface area contributed by atoms with Gasteiger partial charge in [0.25, 0.3) is 0 Å². The molecule has 19 heavy (non-hydrogen) atoms. The van der Waals surface area contributed by atoms with Gasteiger partial charge in [0.15, 0.2) is 5.78 Å². The molecule has 0 spiro atoms. The van der Waals surface area contributed by atoms with Crippen LogP contribution in [0, 0.1) is 12.7 Å². The molecule has 3 heteroatoms. The summed E-state index contributed by atoms with van der Waals surface area (Å²) in [6, 6.07) is 11.5. The number of benzene rings is 2. The number of carbonyl (C=O) groups excluding carboxylic acids is 1. The Morgan fingerprint density at radius 2 is 1.84 bits per heavy atom. The average Bonchev–Trinajstić information content (AvgIpc) is 2.41. The first-order chi connectivity index (χ1) is 9.06. The topological polar surface area (TPSA) is 17.1 Å². The molecule has 0 fully saturated rings. The minimum atomic E-state index is -0.307. The summed E-state index contributed by atoms with van der Waals surface area (Å²) >= 11 is 5.78. The Morgan fingerprint density at radius 1 is 1.16 bits per heavy atom. The molecule has 1 nitrogen and oxygen atoms in total. The van der Waals surface area contributed by atoms with E-state index in [1.807, 2.05) is 12.1 Å². The van der Waals surface area contributed by atoms with Gasteiger partial charge < -0.3 is 0 Å². The van der Waals surface area contributed by atoms with E-state index < -0.39 is 0 Å². The lowest BCUT2D eigenvalue weighted by molar-refractivity contribution is 0.104. The minimum Gasteiger partial charge on any atom is -0.289 e. The number of hydrogen-bond donors (Lipinski definition) is 0. The van der Waals surface area contributed by atoms with E-state index in [2.05, 4.69) is 0 Å². The van der Waals surface area contributed by atoms with Gasteiger partial charge in [-0.3, -0.25) is 4.79 Å². The summed E-state index contributed by atoms with van der Waals surface area (Å²) in [5.74, 6) is -0.462. The maximum Gasteiger partial charge on any atom is 0.185 e. The van der Waals surface area contributed by atoms with E-state index in [4.69, 9.17) is 11.6 Å². The molecule has 0 aliphatic rings. The van der Waals surface area contributed by atoms with E-state index in [0.717, 1.165) is 5.56 Å². The maximum absolute atomic E-state index is 13.1. The van der Waals surface area contributed by atoms with Crippen LogP contribution in [-0.4, -0.2) is 5.78 Å². The summed E-state index contributed by atoms with van der Waals surface area (Å²) in [5, 5.41) is 0.651. The van der Waals surface area contributed by atoms with Crippen molar-refractivity contribution in [3.63, 3.8) is 0 Å². The highest BCUT2D eigenvalue weighted by atomic mass is 35.5. The van der Waals surface area contributed by atoms with E-state index in [1.165, 1.54) is 18.2 Å². The Balaban J connectivity index is 2.16. The SMILES string of the molecule is Cc1cc(C(=O)/C=C/c2ccc(Cl)cc2)ccc1F. The molecule has 0 aliphatic heterocycles. The van der Waals surface area contributed by atoms with Crippen LogP contribution in [-0.2, 0) is 0 Å². The summed E-state index contributed by atoms with van der Waals surface area (Å²) in [4.78, 5) is 11.9. The van der Waals surface area contributed by atoms with Crippen LogP contribution in [0.5, 0.6) is 0 Å². The Hall–Kier alpha value is -1.93. The maximum atomic E-state index is 13.1. The van der Waals surface area contributed by atoms with Crippen LogP contribution in [0.15, 0.2) is 48.5 Å². The molecule has 0 heterocycles. The first-order valence-corrected chi connectivity index (χ1v) is 6.18. The van der Waals surface area contributed by atoms with Crippen molar-refractivity contribution in [1.82, 2.24) is 0 Å². The predicted molar refractivity (Wildman–Crippen MR) is 76.0 cm³/mol. The smallest absolute Gasteiger partial charge is 0.185 e. The highest BCUT2D eigenvalue weighted by Crippen LogP contribution is 2.13. The van der Waals surface area contributed by atoms with Crippen LogP contribution < -0.4 is 0 Å². The second kappa shape index (κ2) is 5.81. The Kier molecular flexibility index (Phi) is 4.13. The van der Waals surface area contributed by atoms with E-state index in [1.54, 1.807) is 31.2 Å². The van der Waals surface area contributed by atoms with Gasteiger partial charge in [-0.1, -0.05) is 29.8 Å². The molecule has 96 valence electrons. The second-order valence-electron chi connectivity index (χ2n) is 4.21. The molecule has 0 aromatic heterocycles. The molecule has 0 unspecified atom stereocenters. The normalized spacial score (nSPS) is 10.9. The summed E-state index contributed by atoms with van der Waals surface area (Å²) in [6.07, 6.45) is 3.17. The van der Waals surface area contributed by atoms with Gasteiger partial charge in [0.05, 0.1) is 0 Å². The molecule has 0 N–H and O–H groups in total. The third kappa shape index (κ3) is 3.52. The molecule has 0 saturated heterocycles. The summed E-state index contributed by atoms with van der Waals surface area (Å²) in [7, 11) is 0. The van der Waals surface area contributed by atoms with Crippen molar-refractivity contribution in [2.75, 3.05) is 0 Å². The number of hydrogen-bond acceptors (Lipinski definition) is 1. The van der Waals surface area contributed by atoms with Crippen LogP contribution in [0.2, 0.25) is 5.02 Å². The number of halogens is 2. The first-order valence-electron chi connectivity index (χ1n) is 5.80. The number of carbonyl (C=O) groups is 1. The zero-order valence-corrected chi connectivity index (χ0v) is 11.1. The lowest BCUT2D eigenvalue weighted by Crippen LogP contribution is -1.96. The van der Waals surface area contributed by atoms with Crippen LogP contribution >= 0.6 is 11.6 Å². The van der Waals surface area contributed by atoms with Crippen molar-refractivity contribution in [3.05, 3.63) is 76.1 Å². The third-order valence-electron chi connectivity index (χ3n) is 2.74. The largest absolute Gasteiger partial charge is 0.289 e. The van der Waals surface area contributed by atoms with Crippen molar-refractivity contribution in [2.24, 2.45) is 0 Å². The fraction of sp³-hybridized carbons (Fsp3) is 0.0625. The standard InChI is InChI=1S/C16H12ClFO/c1-11-10-13(5-8-15(11)18)16(19)9-4-12-2-6-14(17)7-3-12/h2-10H,1H3/b9-4+. The molecule has 2 rings (SSSR count). The van der Waals surface area contributed by atoms with E-state index in [9.17, 15) is 9.18 Å². The average molecular weight is 275 g/mol. The van der Waals surface area contributed by atoms with E-state index >= 15 is 0 Å². The van der Waals surface area contributed by atoms with Crippen LogP contribution in [0.25, 0.3) is 6.08 Å². The summed E-state index contributed by atoms with van der Waals surface area (Å²) in [5.41, 5.74) is 1.83. The van der Waals surface area contributed by atoms with Crippen LogP contribution in [0.1, 0.15) is 21.5 Å². The van der Waals surface area contributed by atoms with Crippen LogP contribution in [0.4, 0.5) is 4.39 Å². The number of rotatable bonds is 3. The van der Waals surface area contributed by atoms with Gasteiger partial charge in [0, 0.05) is 10.6 Å². The summed E-state index contributed by atoms with van der Waals surface area (Å²) < 4.78 is 13.1. The van der Waals surface area contributed by atoms with Gasteiger partial charge in [-0.2, -0.15) is 0 Å². The van der Waals surface area contributed by atoms with Crippen molar-refractivity contribution in [3.8, 4) is 0 Å². The Labute approximate surface area is 116 Å². The fourth-order valence-corrected chi connectivity index (χ4v) is 1.77.